The van der Waals surface area contributed by atoms with Gasteiger partial charge in [-0.3, -0.25) is 0 Å². The van der Waals surface area contributed by atoms with Gasteiger partial charge in [-0.1, -0.05) is 40.2 Å². The van der Waals surface area contributed by atoms with Crippen LogP contribution in [0.1, 0.15) is 12.0 Å². The fraction of sp³-hybridized carbons (Fsp3) is 0.250. The number of nitrogens with zero attached hydrogens (tertiary/aromatic N) is 1. The molecule has 0 unspecified atom stereocenters. The first-order chi connectivity index (χ1) is 9.33. The number of para-hydroxylation sites is 2. The lowest BCUT2D eigenvalue weighted by atomic mass is 10.2. The van der Waals surface area contributed by atoms with Gasteiger partial charge < -0.3 is 10.2 Å². The van der Waals surface area contributed by atoms with Crippen molar-refractivity contribution >= 4 is 27.3 Å². The molecule has 2 aromatic carbocycles. The van der Waals surface area contributed by atoms with Gasteiger partial charge in [0.05, 0.1) is 11.4 Å². The molecule has 0 spiro atoms. The van der Waals surface area contributed by atoms with Crippen molar-refractivity contribution in [1.82, 2.24) is 0 Å². The van der Waals surface area contributed by atoms with Crippen LogP contribution >= 0.6 is 15.9 Å². The van der Waals surface area contributed by atoms with E-state index < -0.39 is 0 Å². The smallest absolute Gasteiger partial charge is 0.0605 e. The summed E-state index contributed by atoms with van der Waals surface area (Å²) in [5.41, 5.74) is 3.89. The van der Waals surface area contributed by atoms with Gasteiger partial charge >= 0.3 is 0 Å². The number of nitrogens with one attached hydrogen (secondary N) is 1. The molecular weight excluding hydrogens is 300 g/mol. The number of rotatable bonds is 2. The molecule has 0 radical (unpaired) electrons. The largest absolute Gasteiger partial charge is 0.383 e. The van der Waals surface area contributed by atoms with Gasteiger partial charge in [-0.05, 0) is 36.2 Å². The van der Waals surface area contributed by atoms with Crippen molar-refractivity contribution in [2.75, 3.05) is 23.3 Å². The quantitative estimate of drug-likeness (QED) is 0.890. The van der Waals surface area contributed by atoms with Crippen molar-refractivity contribution in [2.45, 2.75) is 13.0 Å². The maximum Gasteiger partial charge on any atom is 0.0605 e. The average Bonchev–Trinajstić information content (AvgIpc) is 2.62. The highest BCUT2D eigenvalue weighted by Gasteiger charge is 2.14. The molecule has 1 N–H and O–H groups in total. The molecule has 3 rings (SSSR count). The van der Waals surface area contributed by atoms with Crippen LogP contribution in [0.5, 0.6) is 0 Å². The monoisotopic (exact) mass is 316 g/mol. The highest BCUT2D eigenvalue weighted by molar-refractivity contribution is 9.10. The SMILES string of the molecule is Brc1cccc(CN2CCCNc3ccccc32)c1. The third kappa shape index (κ3) is 2.92. The Morgan fingerprint density at radius 1 is 1.11 bits per heavy atom. The van der Waals surface area contributed by atoms with Crippen molar-refractivity contribution in [3.8, 4) is 0 Å². The van der Waals surface area contributed by atoms with Gasteiger partial charge in [-0.2, -0.15) is 0 Å². The fourth-order valence-corrected chi connectivity index (χ4v) is 2.98. The van der Waals surface area contributed by atoms with Gasteiger partial charge in [0.1, 0.15) is 0 Å². The van der Waals surface area contributed by atoms with Crippen LogP contribution in [-0.2, 0) is 6.54 Å². The van der Waals surface area contributed by atoms with E-state index in [9.17, 15) is 0 Å². The fourth-order valence-electron chi connectivity index (χ4n) is 2.53. The highest BCUT2D eigenvalue weighted by atomic mass is 79.9. The number of anilines is 2. The Bertz CT molecular complexity index is 568. The van der Waals surface area contributed by atoms with Crippen LogP contribution in [0.3, 0.4) is 0 Å². The second-order valence-corrected chi connectivity index (χ2v) is 5.76. The lowest BCUT2D eigenvalue weighted by molar-refractivity contribution is 0.764. The van der Waals surface area contributed by atoms with Gasteiger partial charge in [-0.25, -0.2) is 0 Å². The third-order valence-electron chi connectivity index (χ3n) is 3.43. The molecule has 0 saturated heterocycles. The van der Waals surface area contributed by atoms with Crippen LogP contribution in [0.25, 0.3) is 0 Å². The summed E-state index contributed by atoms with van der Waals surface area (Å²) in [6, 6.07) is 17.1. The number of hydrogen-bond donors (Lipinski definition) is 1. The molecule has 1 aliphatic heterocycles. The summed E-state index contributed by atoms with van der Waals surface area (Å²) in [4.78, 5) is 2.46. The maximum atomic E-state index is 3.54. The van der Waals surface area contributed by atoms with E-state index in [1.54, 1.807) is 0 Å². The van der Waals surface area contributed by atoms with Gasteiger partial charge in [0.15, 0.2) is 0 Å². The molecule has 19 heavy (non-hydrogen) atoms. The summed E-state index contributed by atoms with van der Waals surface area (Å²) in [5, 5.41) is 3.50. The molecule has 2 nitrogen and oxygen atoms in total. The molecule has 3 heteroatoms. The molecule has 0 fully saturated rings. The summed E-state index contributed by atoms with van der Waals surface area (Å²) in [5.74, 6) is 0. The normalized spacial score (nSPS) is 14.5. The summed E-state index contributed by atoms with van der Waals surface area (Å²) < 4.78 is 1.14. The minimum absolute atomic E-state index is 0.956. The van der Waals surface area contributed by atoms with E-state index in [0.717, 1.165) is 24.1 Å². The molecule has 0 aliphatic carbocycles. The van der Waals surface area contributed by atoms with Crippen LogP contribution in [0.15, 0.2) is 53.0 Å². The average molecular weight is 317 g/mol. The topological polar surface area (TPSA) is 15.3 Å². The number of fused-ring (bicyclic) bond motifs is 1. The highest BCUT2D eigenvalue weighted by Crippen LogP contribution is 2.29. The van der Waals surface area contributed by atoms with Crippen LogP contribution < -0.4 is 10.2 Å². The van der Waals surface area contributed by atoms with Crippen molar-refractivity contribution in [3.05, 3.63) is 58.6 Å². The second kappa shape index (κ2) is 5.66. The van der Waals surface area contributed by atoms with E-state index in [4.69, 9.17) is 0 Å². The molecule has 0 amide bonds. The minimum Gasteiger partial charge on any atom is -0.383 e. The van der Waals surface area contributed by atoms with Crippen LogP contribution in [0.2, 0.25) is 0 Å². The molecule has 1 aliphatic rings. The summed E-state index contributed by atoms with van der Waals surface area (Å²) in [6.45, 7) is 3.10. The molecule has 1 heterocycles. The molecule has 0 atom stereocenters. The first-order valence-corrected chi connectivity index (χ1v) is 7.44. The summed E-state index contributed by atoms with van der Waals surface area (Å²) in [6.07, 6.45) is 1.17. The van der Waals surface area contributed by atoms with Gasteiger partial charge in [0.2, 0.25) is 0 Å². The Kier molecular flexibility index (Phi) is 3.74. The zero-order valence-electron chi connectivity index (χ0n) is 10.8. The maximum absolute atomic E-state index is 3.54. The Morgan fingerprint density at radius 2 is 2.00 bits per heavy atom. The van der Waals surface area contributed by atoms with E-state index in [-0.39, 0.29) is 0 Å². The Labute approximate surface area is 122 Å². The van der Waals surface area contributed by atoms with Gasteiger partial charge in [0, 0.05) is 24.1 Å². The van der Waals surface area contributed by atoms with Crippen LogP contribution in [-0.4, -0.2) is 13.1 Å². The molecule has 2 aromatic rings. The zero-order chi connectivity index (χ0) is 13.1. The zero-order valence-corrected chi connectivity index (χ0v) is 12.4. The molecular formula is C16H17BrN2. The predicted molar refractivity (Wildman–Crippen MR) is 84.7 cm³/mol. The Balaban J connectivity index is 1.88. The third-order valence-corrected chi connectivity index (χ3v) is 3.92. The van der Waals surface area contributed by atoms with E-state index in [1.165, 1.54) is 23.4 Å². The Hall–Kier alpha value is -1.48. The minimum atomic E-state index is 0.956. The van der Waals surface area contributed by atoms with Crippen molar-refractivity contribution in [2.24, 2.45) is 0 Å². The van der Waals surface area contributed by atoms with Crippen molar-refractivity contribution < 1.29 is 0 Å². The standard InChI is InChI=1S/C16H17BrN2/c17-14-6-3-5-13(11-14)12-19-10-4-9-18-15-7-1-2-8-16(15)19/h1-3,5-8,11,18H,4,9-10,12H2. The first-order valence-electron chi connectivity index (χ1n) is 6.65. The molecule has 98 valence electrons. The van der Waals surface area contributed by atoms with Crippen LogP contribution in [0, 0.1) is 0 Å². The molecule has 0 saturated carbocycles. The van der Waals surface area contributed by atoms with Crippen molar-refractivity contribution in [3.63, 3.8) is 0 Å². The van der Waals surface area contributed by atoms with E-state index in [1.807, 2.05) is 0 Å². The number of halogens is 1. The number of hydrogen-bond acceptors (Lipinski definition) is 2. The first kappa shape index (κ1) is 12.5. The van der Waals surface area contributed by atoms with Crippen molar-refractivity contribution in [1.29, 1.82) is 0 Å². The summed E-state index contributed by atoms with van der Waals surface area (Å²) in [7, 11) is 0. The lowest BCUT2D eigenvalue weighted by Gasteiger charge is -2.24. The van der Waals surface area contributed by atoms with E-state index in [0.29, 0.717) is 0 Å². The number of benzene rings is 2. The van der Waals surface area contributed by atoms with E-state index in [2.05, 4.69) is 74.7 Å². The Morgan fingerprint density at radius 3 is 2.89 bits per heavy atom. The van der Waals surface area contributed by atoms with E-state index >= 15 is 0 Å². The predicted octanol–water partition coefficient (Wildman–Crippen LogP) is 4.27. The summed E-state index contributed by atoms with van der Waals surface area (Å²) >= 11 is 3.54. The van der Waals surface area contributed by atoms with Crippen LogP contribution in [0.4, 0.5) is 11.4 Å². The lowest BCUT2D eigenvalue weighted by Crippen LogP contribution is -2.23. The molecule has 0 bridgehead atoms. The second-order valence-electron chi connectivity index (χ2n) is 4.85. The molecule has 0 aromatic heterocycles. The van der Waals surface area contributed by atoms with Gasteiger partial charge in [0.25, 0.3) is 0 Å². The van der Waals surface area contributed by atoms with Gasteiger partial charge in [-0.15, -0.1) is 0 Å².